The second-order valence-corrected chi connectivity index (χ2v) is 2.35. The molecule has 0 fully saturated rings. The minimum Gasteiger partial charge on any atom is -0.420 e. The first kappa shape index (κ1) is 9.73. The number of thiocarbonyl (C=S) groups is 1. The van der Waals surface area contributed by atoms with Crippen LogP contribution < -0.4 is 4.74 Å². The molecule has 0 aliphatic carbocycles. The molecule has 0 saturated heterocycles. The van der Waals surface area contributed by atoms with Crippen molar-refractivity contribution < 1.29 is 18.3 Å². The number of rotatable bonds is 2. The van der Waals surface area contributed by atoms with Crippen molar-refractivity contribution in [1.82, 2.24) is 0 Å². The second kappa shape index (κ2) is 4.04. The molecule has 0 bridgehead atoms. The lowest BCUT2D eigenvalue weighted by Crippen LogP contribution is -2.08. The molecule has 1 aromatic rings. The summed E-state index contributed by atoms with van der Waals surface area (Å²) in [5, 5.41) is 0.725. The van der Waals surface area contributed by atoms with Crippen LogP contribution in [0, 0.1) is 11.6 Å². The summed E-state index contributed by atoms with van der Waals surface area (Å²) in [6, 6.07) is 2.61. The molecule has 1 rings (SSSR count). The first-order chi connectivity index (χ1) is 6.13. The highest BCUT2D eigenvalue weighted by molar-refractivity contribution is 7.80. The van der Waals surface area contributed by atoms with Gasteiger partial charge in [-0.3, -0.25) is 0 Å². The van der Waals surface area contributed by atoms with E-state index < -0.39 is 17.6 Å². The van der Waals surface area contributed by atoms with Crippen molar-refractivity contribution in [3.8, 4) is 5.75 Å². The van der Waals surface area contributed by atoms with Gasteiger partial charge in [0.15, 0.2) is 11.6 Å². The molecule has 0 saturated carbocycles. The zero-order valence-corrected chi connectivity index (χ0v) is 7.11. The first-order valence-corrected chi connectivity index (χ1v) is 3.72. The highest BCUT2D eigenvalue weighted by Gasteiger charge is 2.07. The predicted molar refractivity (Wildman–Crippen MR) is 45.6 cm³/mol. The summed E-state index contributed by atoms with van der Waals surface area (Å²) in [7, 11) is 0. The van der Waals surface area contributed by atoms with Crippen LogP contribution in [-0.4, -0.2) is 11.3 Å². The topological polar surface area (TPSA) is 26.3 Å². The van der Waals surface area contributed by atoms with E-state index in [1.165, 1.54) is 0 Å². The highest BCUT2D eigenvalue weighted by atomic mass is 32.1. The molecule has 0 spiro atoms. The molecule has 0 amide bonds. The summed E-state index contributed by atoms with van der Waals surface area (Å²) in [5.41, 5.74) is 0. The minimum absolute atomic E-state index is 0.340. The SMILES string of the molecule is O=C(C=S)Oc1ccc(F)cc1F. The van der Waals surface area contributed by atoms with Gasteiger partial charge in [-0.2, -0.15) is 0 Å². The quantitative estimate of drug-likeness (QED) is 0.416. The normalized spacial score (nSPS) is 9.38. The van der Waals surface area contributed by atoms with Crippen molar-refractivity contribution in [1.29, 1.82) is 0 Å². The lowest BCUT2D eigenvalue weighted by Gasteiger charge is -2.01. The molecule has 0 N–H and O–H groups in total. The van der Waals surface area contributed by atoms with Gasteiger partial charge in [-0.1, -0.05) is 12.2 Å². The monoisotopic (exact) mass is 202 g/mol. The maximum Gasteiger partial charge on any atom is 0.347 e. The zero-order valence-electron chi connectivity index (χ0n) is 6.29. The van der Waals surface area contributed by atoms with Gasteiger partial charge in [-0.25, -0.2) is 13.6 Å². The fourth-order valence-corrected chi connectivity index (χ4v) is 0.739. The van der Waals surface area contributed by atoms with Crippen LogP contribution in [0.4, 0.5) is 8.78 Å². The van der Waals surface area contributed by atoms with Crippen molar-refractivity contribution in [3.63, 3.8) is 0 Å². The fourth-order valence-electron chi connectivity index (χ4n) is 0.690. The minimum atomic E-state index is -0.940. The number of hydrogen-bond acceptors (Lipinski definition) is 3. The molecule has 0 radical (unpaired) electrons. The van der Waals surface area contributed by atoms with Crippen LogP contribution in [0.1, 0.15) is 0 Å². The van der Waals surface area contributed by atoms with E-state index in [-0.39, 0.29) is 5.75 Å². The van der Waals surface area contributed by atoms with Crippen LogP contribution in [0.2, 0.25) is 0 Å². The van der Waals surface area contributed by atoms with E-state index in [0.29, 0.717) is 6.07 Å². The van der Waals surface area contributed by atoms with Gasteiger partial charge in [-0.15, -0.1) is 0 Å². The van der Waals surface area contributed by atoms with Gasteiger partial charge in [0.2, 0.25) is 0 Å². The number of benzene rings is 1. The van der Waals surface area contributed by atoms with E-state index in [0.717, 1.165) is 17.5 Å². The van der Waals surface area contributed by atoms with Gasteiger partial charge >= 0.3 is 5.97 Å². The average Bonchev–Trinajstić information content (AvgIpc) is 2.09. The Bertz CT molecular complexity index is 352. The van der Waals surface area contributed by atoms with E-state index in [1.54, 1.807) is 0 Å². The molecule has 0 atom stereocenters. The Labute approximate surface area is 78.1 Å². The Morgan fingerprint density at radius 1 is 1.46 bits per heavy atom. The van der Waals surface area contributed by atoms with E-state index in [4.69, 9.17) is 0 Å². The van der Waals surface area contributed by atoms with Gasteiger partial charge in [0.25, 0.3) is 0 Å². The molecule has 1 aromatic carbocycles. The van der Waals surface area contributed by atoms with Gasteiger partial charge < -0.3 is 4.74 Å². The van der Waals surface area contributed by atoms with Crippen LogP contribution in [0.5, 0.6) is 5.75 Å². The van der Waals surface area contributed by atoms with Crippen LogP contribution in [0.3, 0.4) is 0 Å². The third kappa shape index (κ3) is 2.55. The van der Waals surface area contributed by atoms with Crippen molar-refractivity contribution in [2.24, 2.45) is 0 Å². The Kier molecular flexibility index (Phi) is 3.02. The number of halogens is 2. The molecule has 68 valence electrons. The molecule has 13 heavy (non-hydrogen) atoms. The molecule has 0 aliphatic rings. The lowest BCUT2D eigenvalue weighted by atomic mass is 10.3. The number of ether oxygens (including phenoxy) is 1. The molecular weight excluding hydrogens is 198 g/mol. The summed E-state index contributed by atoms with van der Waals surface area (Å²) in [5.74, 6) is -2.88. The van der Waals surface area contributed by atoms with Gasteiger partial charge in [0.1, 0.15) is 5.82 Å². The molecule has 0 unspecified atom stereocenters. The molecule has 0 aliphatic heterocycles. The Balaban J connectivity index is 2.89. The summed E-state index contributed by atoms with van der Waals surface area (Å²) >= 11 is 4.25. The lowest BCUT2D eigenvalue weighted by molar-refractivity contribution is -0.126. The summed E-state index contributed by atoms with van der Waals surface area (Å²) < 4.78 is 29.5. The third-order valence-corrected chi connectivity index (χ3v) is 1.39. The van der Waals surface area contributed by atoms with Crippen molar-refractivity contribution in [2.75, 3.05) is 0 Å². The molecule has 2 nitrogen and oxygen atoms in total. The Morgan fingerprint density at radius 2 is 2.15 bits per heavy atom. The van der Waals surface area contributed by atoms with Crippen molar-refractivity contribution >= 4 is 23.6 Å². The van der Waals surface area contributed by atoms with Crippen molar-refractivity contribution in [2.45, 2.75) is 0 Å². The highest BCUT2D eigenvalue weighted by Crippen LogP contribution is 2.17. The van der Waals surface area contributed by atoms with E-state index in [9.17, 15) is 13.6 Å². The maximum absolute atomic E-state index is 12.8. The number of esters is 1. The van der Waals surface area contributed by atoms with Crippen molar-refractivity contribution in [3.05, 3.63) is 29.8 Å². The molecular formula is C8H4F2O2S. The zero-order chi connectivity index (χ0) is 9.84. The standard InChI is InChI=1S/C8H4F2O2S/c9-5-1-2-7(6(10)3-5)12-8(11)4-13/h1-4H. The summed E-state index contributed by atoms with van der Waals surface area (Å²) in [4.78, 5) is 10.6. The van der Waals surface area contributed by atoms with Gasteiger partial charge in [0, 0.05) is 6.07 Å². The number of carbonyl (C=O) groups is 1. The first-order valence-electron chi connectivity index (χ1n) is 3.25. The number of carbonyl (C=O) groups excluding carboxylic acids is 1. The van der Waals surface area contributed by atoms with E-state index >= 15 is 0 Å². The van der Waals surface area contributed by atoms with Gasteiger partial charge in [-0.05, 0) is 12.1 Å². The van der Waals surface area contributed by atoms with Crippen LogP contribution in [0.25, 0.3) is 0 Å². The van der Waals surface area contributed by atoms with E-state index in [2.05, 4.69) is 17.0 Å². The van der Waals surface area contributed by atoms with Crippen LogP contribution in [-0.2, 0) is 4.79 Å². The van der Waals surface area contributed by atoms with E-state index in [1.807, 2.05) is 0 Å². The smallest absolute Gasteiger partial charge is 0.347 e. The van der Waals surface area contributed by atoms with Gasteiger partial charge in [0.05, 0.1) is 5.37 Å². The second-order valence-electron chi connectivity index (χ2n) is 2.11. The summed E-state index contributed by atoms with van der Waals surface area (Å²) in [6.45, 7) is 0. The third-order valence-electron chi connectivity index (χ3n) is 1.20. The summed E-state index contributed by atoms with van der Waals surface area (Å²) in [6.07, 6.45) is 0. The maximum atomic E-state index is 12.8. The Morgan fingerprint density at radius 3 is 2.69 bits per heavy atom. The van der Waals surface area contributed by atoms with Crippen LogP contribution >= 0.6 is 12.2 Å². The Hall–Kier alpha value is -1.36. The largest absolute Gasteiger partial charge is 0.420 e. The number of hydrogen-bond donors (Lipinski definition) is 0. The fraction of sp³-hybridized carbons (Fsp3) is 0. The predicted octanol–water partition coefficient (Wildman–Crippen LogP) is 1.87. The molecule has 5 heteroatoms. The van der Waals surface area contributed by atoms with Crippen LogP contribution in [0.15, 0.2) is 18.2 Å². The average molecular weight is 202 g/mol. The molecule has 0 aromatic heterocycles. The molecule has 0 heterocycles.